The monoisotopic (exact) mass is 267 g/mol. The van der Waals surface area contributed by atoms with E-state index in [0.29, 0.717) is 12.0 Å². The van der Waals surface area contributed by atoms with E-state index in [9.17, 15) is 0 Å². The number of hydrogen-bond acceptors (Lipinski definition) is 4. The summed E-state index contributed by atoms with van der Waals surface area (Å²) in [6.45, 7) is 7.49. The number of rotatable bonds is 5. The van der Waals surface area contributed by atoms with E-state index >= 15 is 0 Å². The summed E-state index contributed by atoms with van der Waals surface area (Å²) >= 11 is 1.81. The van der Waals surface area contributed by atoms with Crippen LogP contribution in [-0.2, 0) is 13.0 Å². The van der Waals surface area contributed by atoms with E-state index in [1.807, 2.05) is 11.3 Å². The summed E-state index contributed by atoms with van der Waals surface area (Å²) in [5, 5.41) is 3.51. The van der Waals surface area contributed by atoms with Crippen molar-refractivity contribution < 1.29 is 0 Å². The summed E-state index contributed by atoms with van der Waals surface area (Å²) in [5.41, 5.74) is 7.05. The van der Waals surface area contributed by atoms with E-state index in [-0.39, 0.29) is 0 Å². The van der Waals surface area contributed by atoms with Gasteiger partial charge in [0.05, 0.1) is 10.7 Å². The Labute approximate surface area is 114 Å². The van der Waals surface area contributed by atoms with Gasteiger partial charge in [-0.3, -0.25) is 4.90 Å². The van der Waals surface area contributed by atoms with Crippen LogP contribution in [0.15, 0.2) is 5.38 Å². The van der Waals surface area contributed by atoms with Gasteiger partial charge in [0.15, 0.2) is 0 Å². The predicted molar refractivity (Wildman–Crippen MR) is 77.8 cm³/mol. The van der Waals surface area contributed by atoms with Gasteiger partial charge in [-0.15, -0.1) is 11.3 Å². The number of piperidine rings is 1. The molecule has 2 heterocycles. The van der Waals surface area contributed by atoms with Crippen molar-refractivity contribution in [3.8, 4) is 0 Å². The van der Waals surface area contributed by atoms with E-state index in [2.05, 4.69) is 24.1 Å². The van der Waals surface area contributed by atoms with Crippen LogP contribution >= 0.6 is 11.3 Å². The zero-order valence-electron chi connectivity index (χ0n) is 11.6. The lowest BCUT2D eigenvalue weighted by atomic mass is 9.93. The SMILES string of the molecule is CCCc1nc(CN2CC(CN)CCC2C)cs1. The maximum atomic E-state index is 5.81. The van der Waals surface area contributed by atoms with Gasteiger partial charge in [-0.25, -0.2) is 4.98 Å². The summed E-state index contributed by atoms with van der Waals surface area (Å²) in [6, 6.07) is 0.670. The molecule has 2 unspecified atom stereocenters. The van der Waals surface area contributed by atoms with E-state index in [4.69, 9.17) is 10.7 Å². The number of nitrogens with two attached hydrogens (primary N) is 1. The second kappa shape index (κ2) is 6.64. The zero-order chi connectivity index (χ0) is 13.0. The van der Waals surface area contributed by atoms with E-state index in [1.54, 1.807) is 0 Å². The Bertz CT molecular complexity index is 364. The van der Waals surface area contributed by atoms with Gasteiger partial charge >= 0.3 is 0 Å². The first-order chi connectivity index (χ1) is 8.72. The molecule has 0 aromatic carbocycles. The van der Waals surface area contributed by atoms with Gasteiger partial charge in [-0.2, -0.15) is 0 Å². The second-order valence-electron chi connectivity index (χ2n) is 5.44. The number of thiazole rings is 1. The average molecular weight is 267 g/mol. The van der Waals surface area contributed by atoms with Gasteiger partial charge in [-0.1, -0.05) is 6.92 Å². The maximum Gasteiger partial charge on any atom is 0.0928 e. The minimum atomic E-state index is 0.670. The number of aryl methyl sites for hydroxylation is 1. The fourth-order valence-electron chi connectivity index (χ4n) is 2.63. The van der Waals surface area contributed by atoms with E-state index in [0.717, 1.165) is 26.1 Å². The van der Waals surface area contributed by atoms with Crippen molar-refractivity contribution in [2.75, 3.05) is 13.1 Å². The van der Waals surface area contributed by atoms with Crippen LogP contribution in [0.3, 0.4) is 0 Å². The lowest BCUT2D eigenvalue weighted by Gasteiger charge is -2.37. The van der Waals surface area contributed by atoms with Crippen LogP contribution in [-0.4, -0.2) is 29.0 Å². The molecule has 1 aromatic rings. The maximum absolute atomic E-state index is 5.81. The van der Waals surface area contributed by atoms with E-state index < -0.39 is 0 Å². The summed E-state index contributed by atoms with van der Waals surface area (Å²) in [6.07, 6.45) is 4.86. The van der Waals surface area contributed by atoms with Crippen LogP contribution in [0.4, 0.5) is 0 Å². The molecule has 2 atom stereocenters. The summed E-state index contributed by atoms with van der Waals surface area (Å²) in [7, 11) is 0. The Balaban J connectivity index is 1.93. The van der Waals surface area contributed by atoms with Crippen LogP contribution in [0.25, 0.3) is 0 Å². The fraction of sp³-hybridized carbons (Fsp3) is 0.786. The van der Waals surface area contributed by atoms with Gasteiger partial charge in [-0.05, 0) is 45.1 Å². The first-order valence-electron chi connectivity index (χ1n) is 7.10. The molecule has 1 aromatic heterocycles. The van der Waals surface area contributed by atoms with Crippen molar-refractivity contribution in [3.05, 3.63) is 16.1 Å². The minimum Gasteiger partial charge on any atom is -0.330 e. The average Bonchev–Trinajstić information content (AvgIpc) is 2.80. The third-order valence-corrected chi connectivity index (χ3v) is 4.83. The molecule has 18 heavy (non-hydrogen) atoms. The molecule has 1 aliphatic rings. The van der Waals surface area contributed by atoms with Crippen LogP contribution in [0, 0.1) is 5.92 Å². The third kappa shape index (κ3) is 3.53. The predicted octanol–water partition coefficient (Wildman–Crippen LogP) is 2.65. The van der Waals surface area contributed by atoms with Crippen molar-refractivity contribution in [1.29, 1.82) is 0 Å². The summed E-state index contributed by atoms with van der Waals surface area (Å²) in [5.74, 6) is 0.676. The topological polar surface area (TPSA) is 42.2 Å². The Kier molecular flexibility index (Phi) is 5.15. The standard InChI is InChI=1S/C14H25N3S/c1-3-4-14-16-13(10-18-14)9-17-8-12(7-15)6-5-11(17)2/h10-12H,3-9,15H2,1-2H3. The number of aromatic nitrogens is 1. The van der Waals surface area contributed by atoms with Crippen molar-refractivity contribution in [2.45, 2.75) is 52.1 Å². The van der Waals surface area contributed by atoms with E-state index in [1.165, 1.54) is 30.0 Å². The summed E-state index contributed by atoms with van der Waals surface area (Å²) < 4.78 is 0. The lowest BCUT2D eigenvalue weighted by molar-refractivity contribution is 0.112. The Morgan fingerprint density at radius 3 is 3.06 bits per heavy atom. The molecule has 102 valence electrons. The molecular weight excluding hydrogens is 242 g/mol. The molecule has 0 aliphatic carbocycles. The highest BCUT2D eigenvalue weighted by molar-refractivity contribution is 7.09. The molecule has 0 amide bonds. The van der Waals surface area contributed by atoms with Crippen molar-refractivity contribution in [3.63, 3.8) is 0 Å². The number of likely N-dealkylation sites (tertiary alicyclic amines) is 1. The molecular formula is C14H25N3S. The van der Waals surface area contributed by atoms with Gasteiger partial charge < -0.3 is 5.73 Å². The highest BCUT2D eigenvalue weighted by Crippen LogP contribution is 2.23. The quantitative estimate of drug-likeness (QED) is 0.892. The zero-order valence-corrected chi connectivity index (χ0v) is 12.4. The molecule has 1 aliphatic heterocycles. The Morgan fingerprint density at radius 1 is 1.50 bits per heavy atom. The molecule has 1 fully saturated rings. The molecule has 0 saturated carbocycles. The van der Waals surface area contributed by atoms with Gasteiger partial charge in [0.25, 0.3) is 0 Å². The number of hydrogen-bond donors (Lipinski definition) is 1. The van der Waals surface area contributed by atoms with Crippen LogP contribution in [0.2, 0.25) is 0 Å². The first kappa shape index (κ1) is 14.0. The molecule has 0 bridgehead atoms. The third-order valence-electron chi connectivity index (χ3n) is 3.87. The molecule has 1 saturated heterocycles. The van der Waals surface area contributed by atoms with Gasteiger partial charge in [0, 0.05) is 24.5 Å². The Hall–Kier alpha value is -0.450. The minimum absolute atomic E-state index is 0.670. The summed E-state index contributed by atoms with van der Waals surface area (Å²) in [4.78, 5) is 7.27. The van der Waals surface area contributed by atoms with Crippen LogP contribution in [0.5, 0.6) is 0 Å². The highest BCUT2D eigenvalue weighted by Gasteiger charge is 2.24. The van der Waals surface area contributed by atoms with Crippen LogP contribution in [0.1, 0.15) is 43.8 Å². The first-order valence-corrected chi connectivity index (χ1v) is 7.98. The van der Waals surface area contributed by atoms with Crippen LogP contribution < -0.4 is 5.73 Å². The normalized spacial score (nSPS) is 25.5. The Morgan fingerprint density at radius 2 is 2.33 bits per heavy atom. The highest BCUT2D eigenvalue weighted by atomic mass is 32.1. The molecule has 0 spiro atoms. The van der Waals surface area contributed by atoms with Crippen molar-refractivity contribution in [2.24, 2.45) is 11.7 Å². The smallest absolute Gasteiger partial charge is 0.0928 e. The second-order valence-corrected chi connectivity index (χ2v) is 6.38. The molecule has 3 nitrogen and oxygen atoms in total. The largest absolute Gasteiger partial charge is 0.330 e. The van der Waals surface area contributed by atoms with Gasteiger partial charge in [0.1, 0.15) is 0 Å². The fourth-order valence-corrected chi connectivity index (χ4v) is 3.52. The molecule has 4 heteroatoms. The number of nitrogens with zero attached hydrogens (tertiary/aromatic N) is 2. The molecule has 2 N–H and O–H groups in total. The molecule has 0 radical (unpaired) electrons. The van der Waals surface area contributed by atoms with Gasteiger partial charge in [0.2, 0.25) is 0 Å². The van der Waals surface area contributed by atoms with Crippen molar-refractivity contribution in [1.82, 2.24) is 9.88 Å². The molecule has 2 rings (SSSR count). The van der Waals surface area contributed by atoms with Crippen molar-refractivity contribution >= 4 is 11.3 Å². The lowest BCUT2D eigenvalue weighted by Crippen LogP contribution is -2.43.